The van der Waals surface area contributed by atoms with Crippen LogP contribution in [0.25, 0.3) is 117 Å². The number of rotatable bonds is 6. The first-order valence-corrected chi connectivity index (χ1v) is 21.8. The van der Waals surface area contributed by atoms with E-state index in [1.54, 1.807) is 0 Å². The van der Waals surface area contributed by atoms with Crippen LogP contribution < -0.4 is 0 Å². The van der Waals surface area contributed by atoms with Gasteiger partial charge in [-0.3, -0.25) is 0 Å². The van der Waals surface area contributed by atoms with E-state index < -0.39 is 0 Å². The maximum Gasteiger partial charge on any atom is 0.227 e. The molecule has 0 unspecified atom stereocenters. The minimum absolute atomic E-state index is 0.216. The molecular weight excluding hydrogens is 783 g/mol. The van der Waals surface area contributed by atoms with Gasteiger partial charge in [0.15, 0.2) is 11.2 Å². The van der Waals surface area contributed by atoms with Crippen molar-refractivity contribution in [3.8, 4) is 73.1 Å². The molecule has 5 heteroatoms. The number of aromatic nitrogens is 3. The Morgan fingerprint density at radius 2 is 0.875 bits per heavy atom. The zero-order valence-electron chi connectivity index (χ0n) is 35.2. The van der Waals surface area contributed by atoms with Gasteiger partial charge in [-0.1, -0.05) is 111 Å². The van der Waals surface area contributed by atoms with Gasteiger partial charge in [0.25, 0.3) is 0 Å². The Balaban J connectivity index is 0.930. The third kappa shape index (κ3) is 5.71. The predicted molar refractivity (Wildman–Crippen MR) is 261 cm³/mol. The molecule has 0 radical (unpaired) electrons. The van der Waals surface area contributed by atoms with Gasteiger partial charge < -0.3 is 13.4 Å². The van der Waals surface area contributed by atoms with Gasteiger partial charge in [0.05, 0.1) is 11.0 Å². The molecule has 1 aliphatic rings. The molecule has 0 bridgehead atoms. The average molecular weight is 822 g/mol. The second kappa shape index (κ2) is 13.9. The number of fused-ring (bicyclic) bond motifs is 8. The molecule has 3 aromatic heterocycles. The first kappa shape index (κ1) is 36.4. The molecule has 0 spiro atoms. The van der Waals surface area contributed by atoms with Crippen LogP contribution in [-0.4, -0.2) is 14.5 Å². The van der Waals surface area contributed by atoms with Gasteiger partial charge in [0.1, 0.15) is 11.0 Å². The summed E-state index contributed by atoms with van der Waals surface area (Å²) in [4.78, 5) is 9.51. The molecule has 5 nitrogen and oxygen atoms in total. The van der Waals surface area contributed by atoms with E-state index in [1.165, 1.54) is 55.3 Å². The van der Waals surface area contributed by atoms with E-state index in [-0.39, 0.29) is 5.41 Å². The van der Waals surface area contributed by atoms with Crippen LogP contribution in [0.4, 0.5) is 0 Å². The lowest BCUT2D eigenvalue weighted by atomic mass is 9.81. The summed E-state index contributed by atoms with van der Waals surface area (Å²) in [5.41, 5.74) is 20.6. The molecule has 302 valence electrons. The summed E-state index contributed by atoms with van der Waals surface area (Å²) < 4.78 is 14.7. The van der Waals surface area contributed by atoms with Crippen LogP contribution in [0, 0.1) is 0 Å². The quantitative estimate of drug-likeness (QED) is 0.168. The first-order chi connectivity index (χ1) is 31.4. The standard InChI is InChI=1S/C59H39N3O2/c1-59(2)49-33-40(28-29-45(49)47-35-54-48(34-50(47)59)46-14-6-9-17-53(46)62(54)44-12-4-3-5-13-44)43-31-41(36-20-24-38(25-21-36)57-60-51-15-7-10-18-55(51)63-57)30-42(32-43)37-22-26-39(27-23-37)58-61-52-16-8-11-19-56(52)64-58/h3-35H,1-2H3. The fraction of sp³-hybridized carbons (Fsp3) is 0.0508. The molecule has 3 heterocycles. The first-order valence-electron chi connectivity index (χ1n) is 21.8. The molecule has 0 atom stereocenters. The number of oxazole rings is 2. The maximum absolute atomic E-state index is 6.13. The highest BCUT2D eigenvalue weighted by atomic mass is 16.4. The molecule has 12 aromatic rings. The molecule has 13 rings (SSSR count). The lowest BCUT2D eigenvalue weighted by Gasteiger charge is -2.22. The van der Waals surface area contributed by atoms with Gasteiger partial charge in [-0.05, 0) is 159 Å². The maximum atomic E-state index is 6.13. The Hall–Kier alpha value is -8.28. The number of hydrogen-bond donors (Lipinski definition) is 0. The zero-order chi connectivity index (χ0) is 42.5. The summed E-state index contributed by atoms with van der Waals surface area (Å²) in [5, 5.41) is 2.55. The summed E-state index contributed by atoms with van der Waals surface area (Å²) in [6.07, 6.45) is 0. The van der Waals surface area contributed by atoms with Crippen LogP contribution in [-0.2, 0) is 5.41 Å². The van der Waals surface area contributed by atoms with Crippen LogP contribution in [0.5, 0.6) is 0 Å². The highest BCUT2D eigenvalue weighted by molar-refractivity contribution is 6.11. The fourth-order valence-corrected chi connectivity index (χ4v) is 9.96. The minimum Gasteiger partial charge on any atom is -0.436 e. The van der Waals surface area contributed by atoms with Gasteiger partial charge >= 0.3 is 0 Å². The van der Waals surface area contributed by atoms with Crippen molar-refractivity contribution >= 4 is 44.0 Å². The van der Waals surface area contributed by atoms with Crippen molar-refractivity contribution in [3.63, 3.8) is 0 Å². The van der Waals surface area contributed by atoms with Crippen molar-refractivity contribution in [2.24, 2.45) is 0 Å². The smallest absolute Gasteiger partial charge is 0.227 e. The number of para-hydroxylation sites is 6. The lowest BCUT2D eigenvalue weighted by molar-refractivity contribution is 0.619. The summed E-state index contributed by atoms with van der Waals surface area (Å²) in [7, 11) is 0. The van der Waals surface area contributed by atoms with Gasteiger partial charge in [0, 0.05) is 33.0 Å². The topological polar surface area (TPSA) is 57.0 Å². The van der Waals surface area contributed by atoms with E-state index in [9.17, 15) is 0 Å². The lowest BCUT2D eigenvalue weighted by Crippen LogP contribution is -2.15. The molecule has 0 saturated carbocycles. The van der Waals surface area contributed by atoms with Crippen molar-refractivity contribution < 1.29 is 8.83 Å². The molecule has 0 aliphatic heterocycles. The molecular formula is C59H39N3O2. The third-order valence-electron chi connectivity index (χ3n) is 13.3. The van der Waals surface area contributed by atoms with Crippen molar-refractivity contribution in [2.45, 2.75) is 19.3 Å². The summed E-state index contributed by atoms with van der Waals surface area (Å²) in [6, 6.07) is 71.3. The highest BCUT2D eigenvalue weighted by Crippen LogP contribution is 2.52. The SMILES string of the molecule is CC1(C)c2cc(-c3cc(-c4ccc(-c5nc6ccccc6o5)cc4)cc(-c4ccc(-c5nc6ccccc6o5)cc4)c3)ccc2-c2cc3c(cc21)c1ccccc1n3-c1ccccc1. The molecule has 0 fully saturated rings. The van der Waals surface area contributed by atoms with Crippen molar-refractivity contribution in [1.29, 1.82) is 0 Å². The molecule has 0 N–H and O–H groups in total. The Morgan fingerprint density at radius 3 is 1.48 bits per heavy atom. The Kier molecular flexibility index (Phi) is 7.88. The van der Waals surface area contributed by atoms with Crippen molar-refractivity contribution in [2.75, 3.05) is 0 Å². The summed E-state index contributed by atoms with van der Waals surface area (Å²) in [6.45, 7) is 4.75. The molecule has 1 aliphatic carbocycles. The summed E-state index contributed by atoms with van der Waals surface area (Å²) in [5.74, 6) is 1.23. The number of benzene rings is 9. The Labute approximate surface area is 369 Å². The number of hydrogen-bond acceptors (Lipinski definition) is 4. The van der Waals surface area contributed by atoms with E-state index in [0.717, 1.165) is 61.1 Å². The van der Waals surface area contributed by atoms with Gasteiger partial charge in [-0.25, -0.2) is 9.97 Å². The molecule has 0 amide bonds. The van der Waals surface area contributed by atoms with E-state index in [4.69, 9.17) is 18.8 Å². The molecule has 9 aromatic carbocycles. The second-order valence-electron chi connectivity index (χ2n) is 17.4. The van der Waals surface area contributed by atoms with E-state index in [1.807, 2.05) is 48.5 Å². The third-order valence-corrected chi connectivity index (χ3v) is 13.3. The van der Waals surface area contributed by atoms with E-state index in [2.05, 4.69) is 170 Å². The Morgan fingerprint density at radius 1 is 0.375 bits per heavy atom. The average Bonchev–Trinajstić information content (AvgIpc) is 4.11. The minimum atomic E-state index is -0.216. The predicted octanol–water partition coefficient (Wildman–Crippen LogP) is 15.7. The largest absolute Gasteiger partial charge is 0.436 e. The normalized spacial score (nSPS) is 13.0. The van der Waals surface area contributed by atoms with Crippen LogP contribution in [0.3, 0.4) is 0 Å². The zero-order valence-corrected chi connectivity index (χ0v) is 35.2. The van der Waals surface area contributed by atoms with Gasteiger partial charge in [-0.15, -0.1) is 0 Å². The van der Waals surface area contributed by atoms with Gasteiger partial charge in [0.2, 0.25) is 11.8 Å². The molecule has 64 heavy (non-hydrogen) atoms. The number of nitrogens with zero attached hydrogens (tertiary/aromatic N) is 3. The van der Waals surface area contributed by atoms with Crippen molar-refractivity contribution in [3.05, 3.63) is 211 Å². The second-order valence-corrected chi connectivity index (χ2v) is 17.4. The monoisotopic (exact) mass is 821 g/mol. The summed E-state index contributed by atoms with van der Waals surface area (Å²) >= 11 is 0. The fourth-order valence-electron chi connectivity index (χ4n) is 9.96. The van der Waals surface area contributed by atoms with E-state index >= 15 is 0 Å². The van der Waals surface area contributed by atoms with Crippen LogP contribution >= 0.6 is 0 Å². The highest BCUT2D eigenvalue weighted by Gasteiger charge is 2.37. The Bertz CT molecular complexity index is 3590. The molecule has 0 saturated heterocycles. The van der Waals surface area contributed by atoms with Crippen LogP contribution in [0.2, 0.25) is 0 Å². The van der Waals surface area contributed by atoms with Gasteiger partial charge in [-0.2, -0.15) is 0 Å². The van der Waals surface area contributed by atoms with Crippen molar-refractivity contribution in [1.82, 2.24) is 14.5 Å². The van der Waals surface area contributed by atoms with E-state index in [0.29, 0.717) is 11.8 Å². The van der Waals surface area contributed by atoms with Crippen LogP contribution in [0.1, 0.15) is 25.0 Å². The van der Waals surface area contributed by atoms with Crippen LogP contribution in [0.15, 0.2) is 209 Å².